The molecule has 3 N–H and O–H groups in total. The summed E-state index contributed by atoms with van der Waals surface area (Å²) in [5.74, 6) is 1.24. The summed E-state index contributed by atoms with van der Waals surface area (Å²) in [5, 5.41) is 8.45. The number of carbonyl (C=O) groups excluding carboxylic acids is 1. The number of hydrogen-bond acceptors (Lipinski definition) is 6. The molecule has 2 aromatic heterocycles. The SMILES string of the molecule is O=C(N1CCC(CN2CCNCC2)CC1)N1CC[C@@H](Nc2ncc(Cl)c(-c3c[nH]c4ccccc34)n2)C1. The zero-order chi connectivity index (χ0) is 25.2. The van der Waals surface area contributed by atoms with Gasteiger partial charge in [0.2, 0.25) is 5.95 Å². The van der Waals surface area contributed by atoms with Crippen LogP contribution in [0.2, 0.25) is 5.02 Å². The largest absolute Gasteiger partial charge is 0.360 e. The second-order valence-corrected chi connectivity index (χ2v) is 10.9. The van der Waals surface area contributed by atoms with Crippen molar-refractivity contribution >= 4 is 34.5 Å². The topological polar surface area (TPSA) is 92.4 Å². The van der Waals surface area contributed by atoms with Gasteiger partial charge in [0.1, 0.15) is 0 Å². The third kappa shape index (κ3) is 5.39. The maximum absolute atomic E-state index is 13.2. The number of nitrogens with zero attached hydrogens (tertiary/aromatic N) is 5. The first-order valence-corrected chi connectivity index (χ1v) is 13.8. The quantitative estimate of drug-likeness (QED) is 0.475. The molecule has 9 nitrogen and oxygen atoms in total. The van der Waals surface area contributed by atoms with E-state index in [2.05, 4.69) is 31.6 Å². The van der Waals surface area contributed by atoms with Crippen LogP contribution in [0.3, 0.4) is 0 Å². The van der Waals surface area contributed by atoms with Gasteiger partial charge in [-0.3, -0.25) is 0 Å². The number of amides is 2. The molecule has 3 fully saturated rings. The first-order chi connectivity index (χ1) is 18.1. The first-order valence-electron chi connectivity index (χ1n) is 13.5. The van der Waals surface area contributed by atoms with Crippen LogP contribution in [0.4, 0.5) is 10.7 Å². The summed E-state index contributed by atoms with van der Waals surface area (Å²) in [6, 6.07) is 8.38. The number of anilines is 1. The van der Waals surface area contributed by atoms with Crippen LogP contribution in [0, 0.1) is 5.92 Å². The Morgan fingerprint density at radius 3 is 2.68 bits per heavy atom. The van der Waals surface area contributed by atoms with E-state index in [0.717, 1.165) is 81.5 Å². The Bertz CT molecular complexity index is 1230. The van der Waals surface area contributed by atoms with Crippen molar-refractivity contribution in [3.63, 3.8) is 0 Å². The molecule has 0 radical (unpaired) electrons. The molecule has 3 saturated heterocycles. The molecule has 2 amide bonds. The van der Waals surface area contributed by atoms with Gasteiger partial charge in [0, 0.05) is 87.6 Å². The van der Waals surface area contributed by atoms with Gasteiger partial charge in [-0.05, 0) is 31.2 Å². The smallest absolute Gasteiger partial charge is 0.320 e. The summed E-state index contributed by atoms with van der Waals surface area (Å²) in [6.45, 7) is 8.76. The van der Waals surface area contributed by atoms with Gasteiger partial charge in [-0.2, -0.15) is 0 Å². The maximum Gasteiger partial charge on any atom is 0.320 e. The van der Waals surface area contributed by atoms with E-state index in [9.17, 15) is 4.79 Å². The Hall–Kier alpha value is -2.88. The molecule has 0 unspecified atom stereocenters. The van der Waals surface area contributed by atoms with E-state index in [4.69, 9.17) is 16.6 Å². The minimum atomic E-state index is 0.117. The number of nitrogens with one attached hydrogen (secondary N) is 3. The molecule has 1 aromatic carbocycles. The number of benzene rings is 1. The minimum absolute atomic E-state index is 0.117. The van der Waals surface area contributed by atoms with Gasteiger partial charge in [0.05, 0.1) is 16.9 Å². The molecule has 1 atom stereocenters. The lowest BCUT2D eigenvalue weighted by Gasteiger charge is -2.37. The number of rotatable bonds is 5. The number of hydrogen-bond donors (Lipinski definition) is 3. The highest BCUT2D eigenvalue weighted by Crippen LogP contribution is 2.32. The van der Waals surface area contributed by atoms with Crippen molar-refractivity contribution in [2.75, 3.05) is 64.2 Å². The highest BCUT2D eigenvalue weighted by Gasteiger charge is 2.32. The van der Waals surface area contributed by atoms with Gasteiger partial charge in [0.25, 0.3) is 0 Å². The van der Waals surface area contributed by atoms with Gasteiger partial charge in [-0.25, -0.2) is 14.8 Å². The van der Waals surface area contributed by atoms with Crippen molar-refractivity contribution in [1.82, 2.24) is 35.0 Å². The molecule has 6 rings (SSSR count). The van der Waals surface area contributed by atoms with E-state index in [0.29, 0.717) is 29.1 Å². The van der Waals surface area contributed by atoms with E-state index >= 15 is 0 Å². The number of halogens is 1. The van der Waals surface area contributed by atoms with Gasteiger partial charge >= 0.3 is 6.03 Å². The monoisotopic (exact) mass is 522 g/mol. The van der Waals surface area contributed by atoms with Crippen LogP contribution in [0.1, 0.15) is 19.3 Å². The fourth-order valence-corrected chi connectivity index (χ4v) is 6.09. The Balaban J connectivity index is 1.03. The zero-order valence-corrected chi connectivity index (χ0v) is 21.9. The predicted molar refractivity (Wildman–Crippen MR) is 147 cm³/mol. The number of likely N-dealkylation sites (tertiary alicyclic amines) is 2. The van der Waals surface area contributed by atoms with Crippen LogP contribution in [-0.2, 0) is 0 Å². The molecule has 5 heterocycles. The standard InChI is InChI=1S/C27H35ClN8O/c28-23-16-31-26(33-25(23)22-15-30-24-4-2-1-3-21(22)24)32-20-7-12-36(18-20)27(37)35-10-5-19(6-11-35)17-34-13-8-29-9-14-34/h1-4,15-16,19-20,29-30H,5-14,17-18H2,(H,31,32,33)/t20-/m1/s1. The number of carbonyl (C=O) groups is 1. The van der Waals surface area contributed by atoms with E-state index in [1.807, 2.05) is 34.2 Å². The molecule has 196 valence electrons. The zero-order valence-electron chi connectivity index (χ0n) is 21.1. The summed E-state index contributed by atoms with van der Waals surface area (Å²) in [6.07, 6.45) is 6.66. The molecule has 0 saturated carbocycles. The van der Waals surface area contributed by atoms with Gasteiger partial charge in [0.15, 0.2) is 0 Å². The van der Waals surface area contributed by atoms with Crippen LogP contribution in [-0.4, -0.2) is 101 Å². The highest BCUT2D eigenvalue weighted by atomic mass is 35.5. The van der Waals surface area contributed by atoms with Gasteiger partial charge in [-0.15, -0.1) is 0 Å². The molecule has 10 heteroatoms. The number of urea groups is 1. The normalized spacial score (nSPS) is 21.6. The summed E-state index contributed by atoms with van der Waals surface area (Å²) >= 11 is 6.49. The first kappa shape index (κ1) is 24.5. The van der Waals surface area contributed by atoms with Crippen molar-refractivity contribution in [1.29, 1.82) is 0 Å². The second-order valence-electron chi connectivity index (χ2n) is 10.5. The molecule has 0 aliphatic carbocycles. The minimum Gasteiger partial charge on any atom is -0.360 e. The third-order valence-electron chi connectivity index (χ3n) is 7.99. The number of H-pyrrole nitrogens is 1. The van der Waals surface area contributed by atoms with Gasteiger partial charge in [-0.1, -0.05) is 29.8 Å². The molecular formula is C27H35ClN8O. The summed E-state index contributed by atoms with van der Waals surface area (Å²) in [4.78, 5) is 32.3. The summed E-state index contributed by atoms with van der Waals surface area (Å²) in [5.41, 5.74) is 2.69. The fourth-order valence-electron chi connectivity index (χ4n) is 5.89. The van der Waals surface area contributed by atoms with Crippen LogP contribution < -0.4 is 10.6 Å². The predicted octanol–water partition coefficient (Wildman–Crippen LogP) is 3.50. The van der Waals surface area contributed by atoms with Crippen LogP contribution in [0.5, 0.6) is 0 Å². The van der Waals surface area contributed by atoms with Crippen molar-refractivity contribution in [3.8, 4) is 11.3 Å². The Morgan fingerprint density at radius 1 is 1.05 bits per heavy atom. The van der Waals surface area contributed by atoms with Crippen LogP contribution in [0.15, 0.2) is 36.7 Å². The third-order valence-corrected chi connectivity index (χ3v) is 8.27. The lowest BCUT2D eigenvalue weighted by atomic mass is 9.96. The molecule has 3 aliphatic rings. The number of aromatic nitrogens is 3. The van der Waals surface area contributed by atoms with E-state index < -0.39 is 0 Å². The lowest BCUT2D eigenvalue weighted by molar-refractivity contribution is 0.122. The molecule has 0 bridgehead atoms. The number of fused-ring (bicyclic) bond motifs is 1. The molecule has 37 heavy (non-hydrogen) atoms. The molecule has 0 spiro atoms. The van der Waals surface area contributed by atoms with E-state index in [-0.39, 0.29) is 12.1 Å². The van der Waals surface area contributed by atoms with Crippen molar-refractivity contribution in [2.24, 2.45) is 5.92 Å². The average Bonchev–Trinajstić information content (AvgIpc) is 3.58. The highest BCUT2D eigenvalue weighted by molar-refractivity contribution is 6.33. The molecule has 3 aliphatic heterocycles. The fraction of sp³-hybridized carbons (Fsp3) is 0.519. The second kappa shape index (κ2) is 10.8. The molecular weight excluding hydrogens is 488 g/mol. The Labute approximate surface area is 222 Å². The Kier molecular flexibility index (Phi) is 7.17. The van der Waals surface area contributed by atoms with E-state index in [1.165, 1.54) is 6.54 Å². The average molecular weight is 523 g/mol. The summed E-state index contributed by atoms with van der Waals surface area (Å²) < 4.78 is 0. The lowest BCUT2D eigenvalue weighted by Crippen LogP contribution is -2.49. The molecule has 3 aromatic rings. The van der Waals surface area contributed by atoms with Crippen molar-refractivity contribution < 1.29 is 4.79 Å². The number of para-hydroxylation sites is 1. The number of piperazine rings is 1. The van der Waals surface area contributed by atoms with Crippen molar-refractivity contribution in [2.45, 2.75) is 25.3 Å². The maximum atomic E-state index is 13.2. The Morgan fingerprint density at radius 2 is 1.84 bits per heavy atom. The van der Waals surface area contributed by atoms with E-state index in [1.54, 1.807) is 6.20 Å². The number of piperidine rings is 1. The van der Waals surface area contributed by atoms with Gasteiger partial charge < -0.3 is 30.3 Å². The summed E-state index contributed by atoms with van der Waals surface area (Å²) in [7, 11) is 0. The number of aromatic amines is 1. The van der Waals surface area contributed by atoms with Crippen molar-refractivity contribution in [3.05, 3.63) is 41.7 Å². The van der Waals surface area contributed by atoms with Crippen LogP contribution in [0.25, 0.3) is 22.2 Å². The van der Waals surface area contributed by atoms with Crippen LogP contribution >= 0.6 is 11.6 Å².